The van der Waals surface area contributed by atoms with Gasteiger partial charge in [-0.25, -0.2) is 0 Å². The van der Waals surface area contributed by atoms with Gasteiger partial charge in [0.2, 0.25) is 0 Å². The highest BCUT2D eigenvalue weighted by atomic mass is 32.1. The molecule has 2 aliphatic carbocycles. The fourth-order valence-electron chi connectivity index (χ4n) is 4.95. The van der Waals surface area contributed by atoms with Gasteiger partial charge in [0, 0.05) is 6.54 Å². The Balaban J connectivity index is 1.52. The van der Waals surface area contributed by atoms with E-state index in [4.69, 9.17) is 0 Å². The summed E-state index contributed by atoms with van der Waals surface area (Å²) in [5.41, 5.74) is 1.33. The van der Waals surface area contributed by atoms with E-state index in [0.717, 1.165) is 11.2 Å². The molecule has 110 valence electrons. The van der Waals surface area contributed by atoms with E-state index in [1.165, 1.54) is 90.3 Å². The van der Waals surface area contributed by atoms with E-state index in [0.29, 0.717) is 5.41 Å². The van der Waals surface area contributed by atoms with E-state index in [2.05, 4.69) is 17.5 Å². The smallest absolute Gasteiger partial charge is 0.00458 e. The highest BCUT2D eigenvalue weighted by molar-refractivity contribution is 7.80. The van der Waals surface area contributed by atoms with Crippen LogP contribution in [0.4, 0.5) is 0 Å². The molecule has 0 aromatic heterocycles. The number of rotatable bonds is 3. The highest BCUT2D eigenvalue weighted by Crippen LogP contribution is 2.46. The molecule has 0 aromatic rings. The number of piperidine rings is 1. The van der Waals surface area contributed by atoms with Crippen LogP contribution in [-0.4, -0.2) is 30.3 Å². The van der Waals surface area contributed by atoms with E-state index < -0.39 is 0 Å². The van der Waals surface area contributed by atoms with Crippen LogP contribution in [0.3, 0.4) is 0 Å². The number of nitrogens with zero attached hydrogens (tertiary/aromatic N) is 1. The summed E-state index contributed by atoms with van der Waals surface area (Å²) in [6.07, 6.45) is 16.3. The quantitative estimate of drug-likeness (QED) is 0.744. The lowest BCUT2D eigenvalue weighted by Gasteiger charge is -2.46. The maximum Gasteiger partial charge on any atom is 0.00458 e. The van der Waals surface area contributed by atoms with E-state index in [-0.39, 0.29) is 0 Å². The van der Waals surface area contributed by atoms with Gasteiger partial charge in [-0.2, -0.15) is 12.6 Å². The average molecular weight is 282 g/mol. The Bertz CT molecular complexity index is 280. The maximum atomic E-state index is 4.67. The van der Waals surface area contributed by atoms with E-state index in [1.54, 1.807) is 0 Å². The van der Waals surface area contributed by atoms with Crippen LogP contribution in [0.15, 0.2) is 0 Å². The molecule has 0 atom stereocenters. The molecule has 1 saturated heterocycles. The summed E-state index contributed by atoms with van der Waals surface area (Å²) < 4.78 is 0. The van der Waals surface area contributed by atoms with E-state index >= 15 is 0 Å². The van der Waals surface area contributed by atoms with Crippen molar-refractivity contribution in [3.05, 3.63) is 0 Å². The van der Waals surface area contributed by atoms with Crippen LogP contribution in [0.5, 0.6) is 0 Å². The largest absolute Gasteiger partial charge is 0.303 e. The summed E-state index contributed by atoms with van der Waals surface area (Å²) in [5, 5.41) is 0. The molecule has 3 rings (SSSR count). The van der Waals surface area contributed by atoms with E-state index in [1.807, 2.05) is 0 Å². The normalized spacial score (nSPS) is 30.8. The van der Waals surface area contributed by atoms with Crippen molar-refractivity contribution in [1.29, 1.82) is 0 Å². The molecule has 0 N–H and O–H groups in total. The molecule has 2 heteroatoms. The van der Waals surface area contributed by atoms with Crippen molar-refractivity contribution in [2.45, 2.75) is 70.6 Å². The summed E-state index contributed by atoms with van der Waals surface area (Å²) >= 11 is 4.67. The molecule has 0 unspecified atom stereocenters. The number of hydrogen-bond donors (Lipinski definition) is 1. The molecule has 2 saturated carbocycles. The third kappa shape index (κ3) is 3.15. The standard InChI is InChI=1S/C17H31NS/c19-15-17(8-4-5-9-17)14-18-12-10-16(11-13-18)6-2-1-3-7-16/h19H,1-15H2. The number of hydrogen-bond acceptors (Lipinski definition) is 2. The Morgan fingerprint density at radius 3 is 1.89 bits per heavy atom. The van der Waals surface area contributed by atoms with Crippen molar-refractivity contribution < 1.29 is 0 Å². The second-order valence-electron chi connectivity index (χ2n) is 7.70. The van der Waals surface area contributed by atoms with Gasteiger partial charge in [0.1, 0.15) is 0 Å². The van der Waals surface area contributed by atoms with Crippen LogP contribution in [0.2, 0.25) is 0 Å². The van der Waals surface area contributed by atoms with Gasteiger partial charge in [0.05, 0.1) is 0 Å². The third-order valence-electron chi connectivity index (χ3n) is 6.39. The first-order valence-corrected chi connectivity index (χ1v) is 9.23. The first kappa shape index (κ1) is 14.3. The minimum atomic E-state index is 0.570. The van der Waals surface area contributed by atoms with Crippen LogP contribution in [0.25, 0.3) is 0 Å². The van der Waals surface area contributed by atoms with Gasteiger partial charge < -0.3 is 4.90 Å². The van der Waals surface area contributed by atoms with Crippen molar-refractivity contribution >= 4 is 12.6 Å². The van der Waals surface area contributed by atoms with Gasteiger partial charge in [-0.15, -0.1) is 0 Å². The van der Waals surface area contributed by atoms with Crippen molar-refractivity contribution in [2.24, 2.45) is 10.8 Å². The Hall–Kier alpha value is 0.310. The van der Waals surface area contributed by atoms with Crippen LogP contribution in [-0.2, 0) is 0 Å². The van der Waals surface area contributed by atoms with Crippen molar-refractivity contribution in [3.8, 4) is 0 Å². The van der Waals surface area contributed by atoms with E-state index in [9.17, 15) is 0 Å². The fourth-order valence-corrected chi connectivity index (χ4v) is 5.37. The van der Waals surface area contributed by atoms with Crippen LogP contribution in [0, 0.1) is 10.8 Å². The van der Waals surface area contributed by atoms with Crippen molar-refractivity contribution in [2.75, 3.05) is 25.4 Å². The molecule has 1 spiro atoms. The Morgan fingerprint density at radius 1 is 0.737 bits per heavy atom. The molecule has 19 heavy (non-hydrogen) atoms. The fraction of sp³-hybridized carbons (Fsp3) is 1.00. The Morgan fingerprint density at radius 2 is 1.32 bits per heavy atom. The highest BCUT2D eigenvalue weighted by Gasteiger charge is 2.39. The summed E-state index contributed by atoms with van der Waals surface area (Å²) in [5.74, 6) is 1.11. The van der Waals surface area contributed by atoms with Crippen LogP contribution in [0.1, 0.15) is 70.6 Å². The first-order chi connectivity index (χ1) is 9.26. The van der Waals surface area contributed by atoms with Gasteiger partial charge in [-0.1, -0.05) is 32.1 Å². The summed E-state index contributed by atoms with van der Waals surface area (Å²) in [7, 11) is 0. The molecule has 0 amide bonds. The summed E-state index contributed by atoms with van der Waals surface area (Å²) in [6.45, 7) is 4.08. The van der Waals surface area contributed by atoms with Crippen LogP contribution >= 0.6 is 12.6 Å². The van der Waals surface area contributed by atoms with Gasteiger partial charge in [0.15, 0.2) is 0 Å². The Labute approximate surface area is 124 Å². The predicted octanol–water partition coefficient (Wildman–Crippen LogP) is 4.52. The number of thiol groups is 1. The lowest BCUT2D eigenvalue weighted by atomic mass is 9.68. The second kappa shape index (κ2) is 5.97. The Kier molecular flexibility index (Phi) is 4.48. The monoisotopic (exact) mass is 281 g/mol. The summed E-state index contributed by atoms with van der Waals surface area (Å²) in [6, 6.07) is 0. The minimum Gasteiger partial charge on any atom is -0.303 e. The number of likely N-dealkylation sites (tertiary alicyclic amines) is 1. The average Bonchev–Trinajstić information content (AvgIpc) is 2.92. The maximum absolute atomic E-state index is 4.67. The van der Waals surface area contributed by atoms with Gasteiger partial charge in [-0.3, -0.25) is 0 Å². The molecule has 1 nitrogen and oxygen atoms in total. The summed E-state index contributed by atoms with van der Waals surface area (Å²) in [4.78, 5) is 2.78. The first-order valence-electron chi connectivity index (χ1n) is 8.59. The van der Waals surface area contributed by atoms with Crippen LogP contribution < -0.4 is 0 Å². The predicted molar refractivity (Wildman–Crippen MR) is 85.9 cm³/mol. The molecule has 1 aliphatic heterocycles. The van der Waals surface area contributed by atoms with Crippen molar-refractivity contribution in [1.82, 2.24) is 4.90 Å². The zero-order chi connectivity index (χ0) is 13.2. The molecular weight excluding hydrogens is 250 g/mol. The van der Waals surface area contributed by atoms with Gasteiger partial charge in [0.25, 0.3) is 0 Å². The van der Waals surface area contributed by atoms with Gasteiger partial charge in [-0.05, 0) is 68.2 Å². The lowest BCUT2D eigenvalue weighted by Crippen LogP contribution is -2.45. The molecule has 3 fully saturated rings. The molecular formula is C17H31NS. The minimum absolute atomic E-state index is 0.570. The molecule has 0 aromatic carbocycles. The second-order valence-corrected chi connectivity index (χ2v) is 8.02. The molecule has 0 radical (unpaired) electrons. The lowest BCUT2D eigenvalue weighted by molar-refractivity contribution is 0.0473. The molecule has 1 heterocycles. The zero-order valence-corrected chi connectivity index (χ0v) is 13.4. The molecule has 3 aliphatic rings. The third-order valence-corrected chi connectivity index (χ3v) is 7.06. The topological polar surface area (TPSA) is 3.24 Å². The van der Waals surface area contributed by atoms with Gasteiger partial charge >= 0.3 is 0 Å². The SMILES string of the molecule is SCC1(CN2CCC3(CCCCC3)CC2)CCCC1. The van der Waals surface area contributed by atoms with Crippen molar-refractivity contribution in [3.63, 3.8) is 0 Å². The zero-order valence-electron chi connectivity index (χ0n) is 12.5. The molecule has 0 bridgehead atoms.